The minimum atomic E-state index is -2.80. The summed E-state index contributed by atoms with van der Waals surface area (Å²) in [6, 6.07) is 8.49. The largest absolute Gasteiger partial charge is 0.481 e. The molecular formula is C19H16F2N4O3. The number of aromatic nitrogens is 3. The molecule has 0 spiro atoms. The maximum Gasteiger partial charge on any atom is 0.315 e. The lowest BCUT2D eigenvalue weighted by Gasteiger charge is -2.14. The van der Waals surface area contributed by atoms with Gasteiger partial charge in [0.05, 0.1) is 13.2 Å². The Labute approximate surface area is 158 Å². The van der Waals surface area contributed by atoms with Crippen LogP contribution >= 0.6 is 0 Å². The zero-order valence-electron chi connectivity index (χ0n) is 14.9. The highest BCUT2D eigenvalue weighted by atomic mass is 19.3. The topological polar surface area (TPSA) is 90.1 Å². The first-order valence-electron chi connectivity index (χ1n) is 8.61. The second-order valence-corrected chi connectivity index (χ2v) is 6.32. The Hall–Kier alpha value is -3.36. The van der Waals surface area contributed by atoms with Gasteiger partial charge in [-0.3, -0.25) is 4.79 Å². The maximum absolute atomic E-state index is 12.6. The van der Waals surface area contributed by atoms with E-state index in [-0.39, 0.29) is 17.8 Å². The number of aryl methyl sites for hydroxylation is 1. The fraction of sp³-hybridized carbons (Fsp3) is 0.263. The zero-order chi connectivity index (χ0) is 19.7. The van der Waals surface area contributed by atoms with Crippen molar-refractivity contribution in [2.75, 3.05) is 7.11 Å². The van der Waals surface area contributed by atoms with Crippen LogP contribution in [0, 0.1) is 0 Å². The summed E-state index contributed by atoms with van der Waals surface area (Å²) in [6.07, 6.45) is 0.192. The van der Waals surface area contributed by atoms with E-state index in [1.807, 2.05) is 12.1 Å². The van der Waals surface area contributed by atoms with E-state index in [0.717, 1.165) is 24.0 Å². The number of hydrogen-bond donors (Lipinski definition) is 1. The van der Waals surface area contributed by atoms with Crippen LogP contribution in [0.4, 0.5) is 8.78 Å². The number of methoxy groups -OCH3 is 1. The van der Waals surface area contributed by atoms with E-state index >= 15 is 0 Å². The van der Waals surface area contributed by atoms with Gasteiger partial charge in [-0.2, -0.15) is 13.8 Å². The minimum Gasteiger partial charge on any atom is -0.481 e. The predicted molar refractivity (Wildman–Crippen MR) is 94.0 cm³/mol. The summed E-state index contributed by atoms with van der Waals surface area (Å²) in [5.74, 6) is -0.433. The molecule has 2 heterocycles. The van der Waals surface area contributed by atoms with Gasteiger partial charge in [0.25, 0.3) is 11.8 Å². The standard InChI is InChI=1S/C19H16F2N4O3/c1-27-15-9-12(6-7-22-15)18(26)23-14-5-3-10-8-11(2-4-13(10)14)17-24-19(16(20)21)28-25-17/h2,4,6-9,14,16H,3,5H2,1H3,(H,23,26)/t14-/m1/s1. The third-order valence-electron chi connectivity index (χ3n) is 4.62. The number of ether oxygens (including phenoxy) is 1. The third-order valence-corrected chi connectivity index (χ3v) is 4.62. The fourth-order valence-corrected chi connectivity index (χ4v) is 3.25. The molecule has 0 bridgehead atoms. The van der Waals surface area contributed by atoms with Crippen molar-refractivity contribution in [3.63, 3.8) is 0 Å². The Bertz CT molecular complexity index is 1020. The number of nitrogens with one attached hydrogen (secondary N) is 1. The number of benzene rings is 1. The van der Waals surface area contributed by atoms with E-state index in [1.165, 1.54) is 13.3 Å². The molecule has 1 amide bonds. The third kappa shape index (κ3) is 3.42. The quantitative estimate of drug-likeness (QED) is 0.722. The Morgan fingerprint density at radius 2 is 2.18 bits per heavy atom. The lowest BCUT2D eigenvalue weighted by Crippen LogP contribution is -2.27. The Morgan fingerprint density at radius 3 is 2.93 bits per heavy atom. The lowest BCUT2D eigenvalue weighted by molar-refractivity contribution is 0.0936. The summed E-state index contributed by atoms with van der Waals surface area (Å²) < 4.78 is 34.9. The first kappa shape index (κ1) is 18.0. The van der Waals surface area contributed by atoms with E-state index in [4.69, 9.17) is 4.74 Å². The van der Waals surface area contributed by atoms with Crippen molar-refractivity contribution in [3.05, 3.63) is 59.1 Å². The van der Waals surface area contributed by atoms with Gasteiger partial charge in [-0.05, 0) is 36.1 Å². The van der Waals surface area contributed by atoms with E-state index in [0.29, 0.717) is 17.0 Å². The molecule has 1 atom stereocenters. The van der Waals surface area contributed by atoms with Gasteiger partial charge in [0.2, 0.25) is 11.7 Å². The molecule has 144 valence electrons. The first-order chi connectivity index (χ1) is 13.5. The molecule has 1 aliphatic carbocycles. The van der Waals surface area contributed by atoms with Gasteiger partial charge in [0.15, 0.2) is 0 Å². The number of carbonyl (C=O) groups excluding carboxylic acids is 1. The molecule has 7 nitrogen and oxygen atoms in total. The Balaban J connectivity index is 1.52. The summed E-state index contributed by atoms with van der Waals surface area (Å²) in [5.41, 5.74) is 3.05. The number of rotatable bonds is 5. The van der Waals surface area contributed by atoms with Crippen molar-refractivity contribution >= 4 is 5.91 Å². The van der Waals surface area contributed by atoms with Crippen molar-refractivity contribution in [2.24, 2.45) is 0 Å². The number of fused-ring (bicyclic) bond motifs is 1. The van der Waals surface area contributed by atoms with Gasteiger partial charge in [0, 0.05) is 23.4 Å². The molecule has 0 unspecified atom stereocenters. The van der Waals surface area contributed by atoms with Crippen LogP contribution in [0.2, 0.25) is 0 Å². The van der Waals surface area contributed by atoms with Crippen molar-refractivity contribution in [1.29, 1.82) is 0 Å². The number of carbonyl (C=O) groups is 1. The van der Waals surface area contributed by atoms with Crippen LogP contribution in [0.5, 0.6) is 5.88 Å². The second-order valence-electron chi connectivity index (χ2n) is 6.32. The minimum absolute atomic E-state index is 0.120. The zero-order valence-corrected chi connectivity index (χ0v) is 14.9. The average Bonchev–Trinajstić information content (AvgIpc) is 3.35. The normalized spacial score (nSPS) is 15.5. The van der Waals surface area contributed by atoms with Crippen LogP contribution in [0.3, 0.4) is 0 Å². The number of halogens is 2. The number of hydrogen-bond acceptors (Lipinski definition) is 6. The molecule has 1 aliphatic rings. The number of nitrogens with zero attached hydrogens (tertiary/aromatic N) is 3. The highest BCUT2D eigenvalue weighted by molar-refractivity contribution is 5.94. The van der Waals surface area contributed by atoms with Gasteiger partial charge in [-0.1, -0.05) is 17.3 Å². The van der Waals surface area contributed by atoms with E-state index in [2.05, 4.69) is 25.0 Å². The van der Waals surface area contributed by atoms with Gasteiger partial charge < -0.3 is 14.6 Å². The monoisotopic (exact) mass is 386 g/mol. The Kier molecular flexibility index (Phi) is 4.72. The summed E-state index contributed by atoms with van der Waals surface area (Å²) >= 11 is 0. The molecule has 0 radical (unpaired) electrons. The van der Waals surface area contributed by atoms with E-state index < -0.39 is 12.3 Å². The Morgan fingerprint density at radius 1 is 1.32 bits per heavy atom. The summed E-state index contributed by atoms with van der Waals surface area (Å²) in [5, 5.41) is 6.61. The molecule has 0 aliphatic heterocycles. The molecular weight excluding hydrogens is 370 g/mol. The number of pyridine rings is 1. The van der Waals surface area contributed by atoms with Crippen LogP contribution < -0.4 is 10.1 Å². The first-order valence-corrected chi connectivity index (χ1v) is 8.61. The van der Waals surface area contributed by atoms with Gasteiger partial charge in [-0.25, -0.2) is 4.98 Å². The van der Waals surface area contributed by atoms with Gasteiger partial charge in [-0.15, -0.1) is 0 Å². The molecule has 1 N–H and O–H groups in total. The van der Waals surface area contributed by atoms with Crippen molar-refractivity contribution in [3.8, 4) is 17.3 Å². The molecule has 1 aromatic carbocycles. The van der Waals surface area contributed by atoms with Crippen LogP contribution in [-0.2, 0) is 6.42 Å². The summed E-state index contributed by atoms with van der Waals surface area (Å²) in [4.78, 5) is 20.2. The molecule has 0 saturated heterocycles. The van der Waals surface area contributed by atoms with Crippen LogP contribution in [-0.4, -0.2) is 28.1 Å². The van der Waals surface area contributed by atoms with Gasteiger partial charge in [0.1, 0.15) is 0 Å². The van der Waals surface area contributed by atoms with Gasteiger partial charge >= 0.3 is 6.43 Å². The highest BCUT2D eigenvalue weighted by Crippen LogP contribution is 2.34. The molecule has 0 saturated carbocycles. The van der Waals surface area contributed by atoms with Crippen molar-refractivity contribution in [1.82, 2.24) is 20.4 Å². The second kappa shape index (κ2) is 7.34. The average molecular weight is 386 g/mol. The van der Waals surface area contributed by atoms with E-state index in [1.54, 1.807) is 18.2 Å². The molecule has 9 heteroatoms. The molecule has 4 rings (SSSR count). The number of alkyl halides is 2. The molecule has 3 aromatic rings. The fourth-order valence-electron chi connectivity index (χ4n) is 3.25. The summed E-state index contributed by atoms with van der Waals surface area (Å²) in [7, 11) is 1.49. The van der Waals surface area contributed by atoms with Crippen molar-refractivity contribution < 1.29 is 22.8 Å². The smallest absolute Gasteiger partial charge is 0.315 e. The number of amides is 1. The van der Waals surface area contributed by atoms with Crippen LogP contribution in [0.25, 0.3) is 11.4 Å². The van der Waals surface area contributed by atoms with Crippen molar-refractivity contribution in [2.45, 2.75) is 25.3 Å². The highest BCUT2D eigenvalue weighted by Gasteiger charge is 2.26. The maximum atomic E-state index is 12.6. The molecule has 0 fully saturated rings. The van der Waals surface area contributed by atoms with E-state index in [9.17, 15) is 13.6 Å². The van der Waals surface area contributed by atoms with Crippen LogP contribution in [0.15, 0.2) is 41.1 Å². The van der Waals surface area contributed by atoms with Crippen LogP contribution in [0.1, 0.15) is 46.3 Å². The lowest BCUT2D eigenvalue weighted by atomic mass is 10.0. The summed E-state index contributed by atoms with van der Waals surface area (Å²) in [6.45, 7) is 0. The molecule has 28 heavy (non-hydrogen) atoms. The SMILES string of the molecule is COc1cc(C(=O)N[C@@H]2CCc3cc(-c4noc(C(F)F)n4)ccc32)ccn1. The predicted octanol–water partition coefficient (Wildman–Crippen LogP) is 3.50. The molecule has 2 aromatic heterocycles.